The minimum absolute atomic E-state index is 0.179. The van der Waals surface area contributed by atoms with E-state index >= 15 is 0 Å². The molecule has 0 bridgehead atoms. The second-order valence-electron chi connectivity index (χ2n) is 2.77. The van der Waals surface area contributed by atoms with Gasteiger partial charge in [-0.05, 0) is 0 Å². The maximum absolute atomic E-state index is 10.4. The predicted molar refractivity (Wildman–Crippen MR) is 48.7 cm³/mol. The van der Waals surface area contributed by atoms with Crippen LogP contribution >= 0.6 is 0 Å². The van der Waals surface area contributed by atoms with Gasteiger partial charge >= 0.3 is 5.97 Å². The summed E-state index contributed by atoms with van der Waals surface area (Å²) in [4.78, 5) is 21.0. The molecule has 0 aliphatic carbocycles. The topological polar surface area (TPSA) is 105 Å². The van der Waals surface area contributed by atoms with Gasteiger partial charge in [-0.15, -0.1) is 10.2 Å². The van der Waals surface area contributed by atoms with E-state index in [-0.39, 0.29) is 12.2 Å². The van der Waals surface area contributed by atoms with Gasteiger partial charge in [0.05, 0.1) is 6.20 Å². The Morgan fingerprint density at radius 1 is 1.40 bits per heavy atom. The largest absolute Gasteiger partial charge is 0.481 e. The van der Waals surface area contributed by atoms with Gasteiger partial charge in [-0.3, -0.25) is 4.79 Å². The number of aliphatic carboxylic acids is 1. The highest BCUT2D eigenvalue weighted by Gasteiger charge is 2.06. The maximum atomic E-state index is 10.4. The first kappa shape index (κ1) is 9.25. The zero-order valence-corrected chi connectivity index (χ0v) is 7.58. The summed E-state index contributed by atoms with van der Waals surface area (Å²) in [7, 11) is 0. The molecule has 0 saturated carbocycles. The lowest BCUT2D eigenvalue weighted by Crippen LogP contribution is -2.06. The highest BCUT2D eigenvalue weighted by atomic mass is 16.4. The molecule has 2 heterocycles. The van der Waals surface area contributed by atoms with Crippen molar-refractivity contribution in [1.29, 1.82) is 0 Å². The standard InChI is InChI=1S/C8H7N5O2/c14-7(15)3-6-11-4-5(12-13-6)8-9-1-2-10-8/h1-2,4H,3H2,(H,9,10)(H,14,15). The zero-order valence-electron chi connectivity index (χ0n) is 7.58. The molecule has 2 aromatic rings. The molecule has 76 valence electrons. The van der Waals surface area contributed by atoms with Crippen LogP contribution in [0, 0.1) is 0 Å². The maximum Gasteiger partial charge on any atom is 0.311 e. The number of nitrogens with zero attached hydrogens (tertiary/aromatic N) is 4. The van der Waals surface area contributed by atoms with Crippen molar-refractivity contribution in [1.82, 2.24) is 25.1 Å². The summed E-state index contributed by atoms with van der Waals surface area (Å²) in [6.07, 6.45) is 4.44. The molecule has 0 amide bonds. The quantitative estimate of drug-likeness (QED) is 0.724. The number of carboxylic acid groups (broad SMARTS) is 1. The van der Waals surface area contributed by atoms with Gasteiger partial charge in [0.25, 0.3) is 0 Å². The molecule has 0 aliphatic heterocycles. The van der Waals surface area contributed by atoms with Crippen molar-refractivity contribution in [2.75, 3.05) is 0 Å². The minimum atomic E-state index is -0.984. The number of hydrogen-bond donors (Lipinski definition) is 2. The summed E-state index contributed by atoms with van der Waals surface area (Å²) in [5.41, 5.74) is 0.481. The van der Waals surface area contributed by atoms with Crippen LogP contribution in [0.15, 0.2) is 18.6 Å². The molecule has 0 spiro atoms. The monoisotopic (exact) mass is 205 g/mol. The fraction of sp³-hybridized carbons (Fsp3) is 0.125. The first-order chi connectivity index (χ1) is 7.25. The molecule has 7 nitrogen and oxygen atoms in total. The second-order valence-corrected chi connectivity index (χ2v) is 2.77. The number of aromatic nitrogens is 5. The molecule has 0 radical (unpaired) electrons. The molecular weight excluding hydrogens is 198 g/mol. The first-order valence-corrected chi connectivity index (χ1v) is 4.16. The molecule has 0 fully saturated rings. The van der Waals surface area contributed by atoms with Gasteiger partial charge in [0, 0.05) is 12.4 Å². The Labute approximate surface area is 84.2 Å². The van der Waals surface area contributed by atoms with Gasteiger partial charge in [-0.2, -0.15) is 0 Å². The lowest BCUT2D eigenvalue weighted by Gasteiger charge is -1.96. The summed E-state index contributed by atoms with van der Waals surface area (Å²) in [5, 5.41) is 16.0. The van der Waals surface area contributed by atoms with Crippen LogP contribution in [0.3, 0.4) is 0 Å². The van der Waals surface area contributed by atoms with Crippen LogP contribution in [0.1, 0.15) is 5.82 Å². The summed E-state index contributed by atoms with van der Waals surface area (Å²) in [5.74, 6) is -0.253. The molecular formula is C8H7N5O2. The Bertz CT molecular complexity index is 450. The number of imidazole rings is 1. The van der Waals surface area contributed by atoms with E-state index in [1.54, 1.807) is 12.4 Å². The summed E-state index contributed by atoms with van der Waals surface area (Å²) >= 11 is 0. The highest BCUT2D eigenvalue weighted by Crippen LogP contribution is 2.07. The Hall–Kier alpha value is -2.31. The second kappa shape index (κ2) is 3.82. The van der Waals surface area contributed by atoms with E-state index in [9.17, 15) is 4.79 Å². The molecule has 2 N–H and O–H groups in total. The number of nitrogens with one attached hydrogen (secondary N) is 1. The average Bonchev–Trinajstić information content (AvgIpc) is 2.71. The van der Waals surface area contributed by atoms with Crippen molar-refractivity contribution in [2.24, 2.45) is 0 Å². The Balaban J connectivity index is 2.21. The van der Waals surface area contributed by atoms with Crippen molar-refractivity contribution in [3.8, 4) is 11.5 Å². The molecule has 2 rings (SSSR count). The van der Waals surface area contributed by atoms with Crippen LogP contribution in [0.25, 0.3) is 11.5 Å². The van der Waals surface area contributed by atoms with E-state index in [1.807, 2.05) is 0 Å². The number of H-pyrrole nitrogens is 1. The summed E-state index contributed by atoms with van der Waals surface area (Å²) < 4.78 is 0. The molecule has 0 saturated heterocycles. The fourth-order valence-electron chi connectivity index (χ4n) is 1.03. The Morgan fingerprint density at radius 2 is 2.27 bits per heavy atom. The van der Waals surface area contributed by atoms with Crippen LogP contribution in [0.2, 0.25) is 0 Å². The Kier molecular flexibility index (Phi) is 2.36. The number of aromatic amines is 1. The van der Waals surface area contributed by atoms with E-state index in [0.717, 1.165) is 0 Å². The lowest BCUT2D eigenvalue weighted by atomic mass is 10.4. The number of hydrogen-bond acceptors (Lipinski definition) is 5. The first-order valence-electron chi connectivity index (χ1n) is 4.16. The SMILES string of the molecule is O=C(O)Cc1ncc(-c2ncc[nH]2)nn1. The molecule has 0 atom stereocenters. The molecule has 2 aromatic heterocycles. The van der Waals surface area contributed by atoms with E-state index in [0.29, 0.717) is 11.5 Å². The Morgan fingerprint density at radius 3 is 2.80 bits per heavy atom. The van der Waals surface area contributed by atoms with Crippen LogP contribution in [-0.4, -0.2) is 36.2 Å². The van der Waals surface area contributed by atoms with Gasteiger partial charge in [0.2, 0.25) is 0 Å². The van der Waals surface area contributed by atoms with E-state index in [2.05, 4.69) is 25.1 Å². The molecule has 0 aliphatic rings. The van der Waals surface area contributed by atoms with Gasteiger partial charge in [-0.1, -0.05) is 0 Å². The molecule has 7 heteroatoms. The van der Waals surface area contributed by atoms with Crippen LogP contribution in [-0.2, 0) is 11.2 Å². The van der Waals surface area contributed by atoms with Crippen molar-refractivity contribution in [3.05, 3.63) is 24.4 Å². The van der Waals surface area contributed by atoms with Crippen molar-refractivity contribution in [2.45, 2.75) is 6.42 Å². The van der Waals surface area contributed by atoms with Crippen molar-refractivity contribution in [3.63, 3.8) is 0 Å². The fourth-order valence-corrected chi connectivity index (χ4v) is 1.03. The van der Waals surface area contributed by atoms with Crippen LogP contribution in [0.4, 0.5) is 0 Å². The number of rotatable bonds is 3. The van der Waals surface area contributed by atoms with Crippen molar-refractivity contribution >= 4 is 5.97 Å². The summed E-state index contributed by atoms with van der Waals surface area (Å²) in [6, 6.07) is 0. The van der Waals surface area contributed by atoms with Gasteiger partial charge in [0.15, 0.2) is 11.6 Å². The highest BCUT2D eigenvalue weighted by molar-refractivity contribution is 5.68. The molecule has 0 unspecified atom stereocenters. The van der Waals surface area contributed by atoms with Crippen LogP contribution in [0.5, 0.6) is 0 Å². The third-order valence-electron chi connectivity index (χ3n) is 1.66. The normalized spacial score (nSPS) is 10.1. The number of carboxylic acids is 1. The van der Waals surface area contributed by atoms with E-state index < -0.39 is 5.97 Å². The minimum Gasteiger partial charge on any atom is -0.481 e. The number of carbonyl (C=O) groups is 1. The van der Waals surface area contributed by atoms with E-state index in [4.69, 9.17) is 5.11 Å². The van der Waals surface area contributed by atoms with Gasteiger partial charge in [-0.25, -0.2) is 9.97 Å². The van der Waals surface area contributed by atoms with Crippen molar-refractivity contribution < 1.29 is 9.90 Å². The predicted octanol–water partition coefficient (Wildman–Crippen LogP) is -0.111. The third kappa shape index (κ3) is 2.13. The van der Waals surface area contributed by atoms with E-state index in [1.165, 1.54) is 6.20 Å². The third-order valence-corrected chi connectivity index (χ3v) is 1.66. The molecule has 0 aromatic carbocycles. The molecule has 15 heavy (non-hydrogen) atoms. The zero-order chi connectivity index (χ0) is 10.7. The lowest BCUT2D eigenvalue weighted by molar-refractivity contribution is -0.136. The summed E-state index contributed by atoms with van der Waals surface area (Å²) in [6.45, 7) is 0. The average molecular weight is 205 g/mol. The van der Waals surface area contributed by atoms with Gasteiger partial charge in [0.1, 0.15) is 12.1 Å². The van der Waals surface area contributed by atoms with Crippen LogP contribution < -0.4 is 0 Å². The smallest absolute Gasteiger partial charge is 0.311 e. The van der Waals surface area contributed by atoms with Gasteiger partial charge < -0.3 is 10.1 Å².